The summed E-state index contributed by atoms with van der Waals surface area (Å²) < 4.78 is 16.6. The Morgan fingerprint density at radius 2 is 0.683 bits per heavy atom. The van der Waals surface area contributed by atoms with Gasteiger partial charge in [-0.2, -0.15) is 0 Å². The maximum atomic E-state index is 12.7. The molecule has 0 heterocycles. The van der Waals surface area contributed by atoms with Crippen molar-refractivity contribution in [3.8, 4) is 0 Å². The first-order chi connectivity index (χ1) is 29.4. The van der Waals surface area contributed by atoms with Crippen LogP contribution in [0, 0.1) is 0 Å². The van der Waals surface area contributed by atoms with E-state index >= 15 is 0 Å². The van der Waals surface area contributed by atoms with Crippen molar-refractivity contribution in [2.75, 3.05) is 13.2 Å². The second-order valence-corrected chi connectivity index (χ2v) is 16.7. The van der Waals surface area contributed by atoms with Crippen LogP contribution in [-0.4, -0.2) is 43.0 Å². The molecule has 0 amide bonds. The number of ether oxygens (including phenoxy) is 3. The zero-order valence-corrected chi connectivity index (χ0v) is 39.2. The molecule has 346 valence electrons. The van der Waals surface area contributed by atoms with Crippen LogP contribution in [0.3, 0.4) is 0 Å². The summed E-state index contributed by atoms with van der Waals surface area (Å²) in [5, 5.41) is 0. The van der Waals surface area contributed by atoms with E-state index in [1.165, 1.54) is 83.5 Å². The Balaban J connectivity index is 4.49. The van der Waals surface area contributed by atoms with E-state index in [0.717, 1.165) is 109 Å². The Morgan fingerprint density at radius 3 is 1.10 bits per heavy atom. The molecular formula is C53H92O7. The highest BCUT2D eigenvalue weighted by Gasteiger charge is 2.20. The number of carbonyl (C=O) groups is 4. The first-order valence-corrected chi connectivity index (χ1v) is 25.0. The summed E-state index contributed by atoms with van der Waals surface area (Å²) in [5.41, 5.74) is 0. The summed E-state index contributed by atoms with van der Waals surface area (Å²) in [6.45, 7) is 6.33. The Hall–Kier alpha value is -2.96. The first-order valence-electron chi connectivity index (χ1n) is 25.0. The van der Waals surface area contributed by atoms with Gasteiger partial charge in [-0.1, -0.05) is 179 Å². The van der Waals surface area contributed by atoms with Crippen molar-refractivity contribution in [1.29, 1.82) is 0 Å². The third-order valence-corrected chi connectivity index (χ3v) is 10.7. The molecule has 0 fully saturated rings. The molecule has 7 nitrogen and oxygen atoms in total. The molecule has 0 bridgehead atoms. The molecule has 0 aliphatic heterocycles. The molecule has 0 rings (SSSR count). The topological polar surface area (TPSA) is 96.0 Å². The number of hydrogen-bond acceptors (Lipinski definition) is 7. The van der Waals surface area contributed by atoms with Crippen LogP contribution < -0.4 is 0 Å². The van der Waals surface area contributed by atoms with Crippen molar-refractivity contribution < 1.29 is 33.4 Å². The quantitative estimate of drug-likeness (QED) is 0.0261. The lowest BCUT2D eigenvalue weighted by atomic mass is 10.0. The average Bonchev–Trinajstić information content (AvgIpc) is 3.24. The van der Waals surface area contributed by atoms with E-state index in [9.17, 15) is 19.2 Å². The van der Waals surface area contributed by atoms with Crippen LogP contribution in [0.1, 0.15) is 245 Å². The zero-order valence-electron chi connectivity index (χ0n) is 39.2. The SMILES string of the molecule is CCCCC/C=C\C/C=C\CCCCCCCC(=O)OCC(COC(=O)CCCCCCC/C=C\C/C=C\CCCCC)OC(=O)CCC(=O)CCCCCCCCCC. The van der Waals surface area contributed by atoms with Crippen molar-refractivity contribution in [2.45, 2.75) is 252 Å². The smallest absolute Gasteiger partial charge is 0.306 e. The number of carbonyl (C=O) groups excluding carboxylic acids is 4. The van der Waals surface area contributed by atoms with Crippen LogP contribution in [0.2, 0.25) is 0 Å². The molecule has 0 radical (unpaired) electrons. The summed E-state index contributed by atoms with van der Waals surface area (Å²) in [5.74, 6) is -1.18. The second-order valence-electron chi connectivity index (χ2n) is 16.7. The van der Waals surface area contributed by atoms with Crippen molar-refractivity contribution in [1.82, 2.24) is 0 Å². The summed E-state index contributed by atoms with van der Waals surface area (Å²) in [6, 6.07) is 0. The minimum absolute atomic E-state index is 0.0355. The lowest BCUT2D eigenvalue weighted by Crippen LogP contribution is -2.31. The normalized spacial score (nSPS) is 11.9. The molecule has 0 aromatic heterocycles. The molecule has 0 saturated heterocycles. The minimum atomic E-state index is -0.901. The molecule has 60 heavy (non-hydrogen) atoms. The molecule has 0 aliphatic rings. The molecule has 0 atom stereocenters. The zero-order chi connectivity index (χ0) is 43.8. The fourth-order valence-corrected chi connectivity index (χ4v) is 6.86. The predicted molar refractivity (Wildman–Crippen MR) is 252 cm³/mol. The van der Waals surface area contributed by atoms with Gasteiger partial charge in [0.2, 0.25) is 0 Å². The van der Waals surface area contributed by atoms with Crippen LogP contribution in [0.25, 0.3) is 0 Å². The molecule has 0 aromatic rings. The summed E-state index contributed by atoms with van der Waals surface area (Å²) >= 11 is 0. The molecule has 7 heteroatoms. The van der Waals surface area contributed by atoms with Crippen LogP contribution in [-0.2, 0) is 33.4 Å². The lowest BCUT2D eigenvalue weighted by Gasteiger charge is -2.18. The van der Waals surface area contributed by atoms with Gasteiger partial charge in [0.1, 0.15) is 19.0 Å². The highest BCUT2D eigenvalue weighted by atomic mass is 16.6. The van der Waals surface area contributed by atoms with Gasteiger partial charge in [0.05, 0.1) is 6.42 Å². The van der Waals surface area contributed by atoms with Gasteiger partial charge in [0, 0.05) is 25.7 Å². The Morgan fingerprint density at radius 1 is 0.350 bits per heavy atom. The second kappa shape index (κ2) is 47.1. The summed E-state index contributed by atoms with van der Waals surface area (Å²) in [7, 11) is 0. The maximum Gasteiger partial charge on any atom is 0.306 e. The van der Waals surface area contributed by atoms with Crippen molar-refractivity contribution in [3.63, 3.8) is 0 Å². The van der Waals surface area contributed by atoms with Crippen molar-refractivity contribution in [3.05, 3.63) is 48.6 Å². The van der Waals surface area contributed by atoms with Crippen LogP contribution in [0.5, 0.6) is 0 Å². The number of ketones is 1. The van der Waals surface area contributed by atoms with E-state index in [1.54, 1.807) is 0 Å². The number of hydrogen-bond donors (Lipinski definition) is 0. The fraction of sp³-hybridized carbons (Fsp3) is 0.774. The minimum Gasteiger partial charge on any atom is -0.462 e. The number of esters is 3. The number of Topliss-reactive ketones (excluding diaryl/α,β-unsaturated/α-hetero) is 1. The van der Waals surface area contributed by atoms with E-state index in [-0.39, 0.29) is 43.8 Å². The van der Waals surface area contributed by atoms with Crippen LogP contribution in [0.4, 0.5) is 0 Å². The van der Waals surface area contributed by atoms with Gasteiger partial charge in [0.15, 0.2) is 6.10 Å². The fourth-order valence-electron chi connectivity index (χ4n) is 6.86. The molecular weight excluding hydrogens is 749 g/mol. The van der Waals surface area contributed by atoms with Gasteiger partial charge in [0.25, 0.3) is 0 Å². The van der Waals surface area contributed by atoms with E-state index in [2.05, 4.69) is 69.4 Å². The van der Waals surface area contributed by atoms with Crippen molar-refractivity contribution >= 4 is 23.7 Å². The highest BCUT2D eigenvalue weighted by molar-refractivity contribution is 5.83. The van der Waals surface area contributed by atoms with Gasteiger partial charge in [-0.25, -0.2) is 0 Å². The van der Waals surface area contributed by atoms with Gasteiger partial charge in [-0.05, 0) is 83.5 Å². The Labute approximate surface area is 369 Å². The van der Waals surface area contributed by atoms with Gasteiger partial charge < -0.3 is 14.2 Å². The van der Waals surface area contributed by atoms with Crippen LogP contribution >= 0.6 is 0 Å². The van der Waals surface area contributed by atoms with Crippen LogP contribution in [0.15, 0.2) is 48.6 Å². The summed E-state index contributed by atoms with van der Waals surface area (Å²) in [4.78, 5) is 50.3. The Kier molecular flexibility index (Phi) is 44.8. The monoisotopic (exact) mass is 841 g/mol. The van der Waals surface area contributed by atoms with Gasteiger partial charge in [-0.15, -0.1) is 0 Å². The van der Waals surface area contributed by atoms with Crippen molar-refractivity contribution in [2.24, 2.45) is 0 Å². The number of rotatable bonds is 45. The number of allylic oxidation sites excluding steroid dienone is 8. The van der Waals surface area contributed by atoms with E-state index in [4.69, 9.17) is 14.2 Å². The average molecular weight is 841 g/mol. The lowest BCUT2D eigenvalue weighted by molar-refractivity contribution is -0.167. The Bertz CT molecular complexity index is 1060. The standard InChI is InChI=1S/C53H92O7/c1-4-7-10-13-16-19-21-23-25-27-29-31-34-37-40-43-51(55)58-47-50(60-53(57)46-45-49(54)42-39-36-33-18-15-12-9-6-3)48-59-52(56)44-41-38-35-32-30-28-26-24-22-20-17-14-11-8-5-2/h16-17,19-20,23-26,50H,4-15,18,21-22,27-48H2,1-3H3/b19-16-,20-17-,25-23-,26-24-. The molecule has 0 saturated carbocycles. The first kappa shape index (κ1) is 57.0. The number of unbranched alkanes of at least 4 members (excludes halogenated alkanes) is 23. The summed E-state index contributed by atoms with van der Waals surface area (Å²) in [6.07, 6.45) is 52.0. The third kappa shape index (κ3) is 44.6. The molecule has 0 aromatic carbocycles. The van der Waals surface area contributed by atoms with E-state index in [0.29, 0.717) is 19.3 Å². The third-order valence-electron chi connectivity index (χ3n) is 10.7. The van der Waals surface area contributed by atoms with Gasteiger partial charge in [-0.3, -0.25) is 19.2 Å². The molecule has 0 aliphatic carbocycles. The molecule has 0 N–H and O–H groups in total. The highest BCUT2D eigenvalue weighted by Crippen LogP contribution is 2.14. The van der Waals surface area contributed by atoms with E-state index in [1.807, 2.05) is 0 Å². The van der Waals surface area contributed by atoms with Gasteiger partial charge >= 0.3 is 17.9 Å². The maximum absolute atomic E-state index is 12.7. The van der Waals surface area contributed by atoms with E-state index < -0.39 is 12.1 Å². The molecule has 0 unspecified atom stereocenters. The molecule has 0 spiro atoms. The predicted octanol–water partition coefficient (Wildman–Crippen LogP) is 15.5. The largest absolute Gasteiger partial charge is 0.462 e.